The Morgan fingerprint density at radius 3 is 2.41 bits per heavy atom. The van der Waals surface area contributed by atoms with E-state index in [1.54, 1.807) is 35.7 Å². The number of halogens is 1. The first-order valence-corrected chi connectivity index (χ1v) is 7.18. The molecule has 2 nitrogen and oxygen atoms in total. The summed E-state index contributed by atoms with van der Waals surface area (Å²) in [6.45, 7) is 0. The molecule has 0 unspecified atom stereocenters. The van der Waals surface area contributed by atoms with E-state index in [1.165, 1.54) is 23.5 Å². The van der Waals surface area contributed by atoms with Gasteiger partial charge in [0.25, 0.3) is 0 Å². The quantitative estimate of drug-likeness (QED) is 0.854. The van der Waals surface area contributed by atoms with Crippen molar-refractivity contribution in [1.29, 1.82) is 0 Å². The van der Waals surface area contributed by atoms with Crippen LogP contribution in [0.4, 0.5) is 4.39 Å². The molecule has 88 valence electrons. The molecule has 0 bridgehead atoms. The van der Waals surface area contributed by atoms with E-state index in [2.05, 4.69) is 0 Å². The van der Waals surface area contributed by atoms with Crippen LogP contribution in [0.2, 0.25) is 0 Å². The van der Waals surface area contributed by atoms with E-state index in [-0.39, 0.29) is 4.90 Å². The monoisotopic (exact) mass is 268 g/mol. The predicted molar refractivity (Wildman–Crippen MR) is 67.0 cm³/mol. The average Bonchev–Trinajstić information content (AvgIpc) is 2.83. The largest absolute Gasteiger partial charge is 0.233 e. The summed E-state index contributed by atoms with van der Waals surface area (Å²) in [4.78, 5) is 0.535. The van der Waals surface area contributed by atoms with Gasteiger partial charge in [-0.15, -0.1) is 11.3 Å². The molecule has 0 aliphatic carbocycles. The Balaban J connectivity index is 2.41. The third kappa shape index (κ3) is 2.62. The molecule has 1 aromatic carbocycles. The van der Waals surface area contributed by atoms with Crippen molar-refractivity contribution in [2.45, 2.75) is 4.90 Å². The van der Waals surface area contributed by atoms with Crippen molar-refractivity contribution < 1.29 is 12.8 Å². The average molecular weight is 268 g/mol. The maximum Gasteiger partial charge on any atom is 0.233 e. The first-order chi connectivity index (χ1) is 8.10. The van der Waals surface area contributed by atoms with Gasteiger partial charge in [-0.2, -0.15) is 4.39 Å². The summed E-state index contributed by atoms with van der Waals surface area (Å²) in [7, 11) is -4.01. The zero-order valence-electron chi connectivity index (χ0n) is 8.71. The number of sulfone groups is 1. The molecule has 0 amide bonds. The van der Waals surface area contributed by atoms with Crippen LogP contribution in [0.15, 0.2) is 57.9 Å². The van der Waals surface area contributed by atoms with Gasteiger partial charge >= 0.3 is 0 Å². The zero-order valence-corrected chi connectivity index (χ0v) is 10.3. The Bertz CT molecular complexity index is 614. The van der Waals surface area contributed by atoms with E-state index in [4.69, 9.17) is 0 Å². The van der Waals surface area contributed by atoms with Gasteiger partial charge in [0, 0.05) is 11.0 Å². The lowest BCUT2D eigenvalue weighted by Crippen LogP contribution is -2.00. The number of hydrogen-bond acceptors (Lipinski definition) is 3. The van der Waals surface area contributed by atoms with Crippen LogP contribution in [0, 0.1) is 0 Å². The molecule has 0 fully saturated rings. The highest BCUT2D eigenvalue weighted by Gasteiger charge is 2.20. The Morgan fingerprint density at radius 1 is 1.12 bits per heavy atom. The molecule has 2 rings (SSSR count). The van der Waals surface area contributed by atoms with Crippen molar-refractivity contribution in [2.75, 3.05) is 0 Å². The van der Waals surface area contributed by atoms with Gasteiger partial charge in [0.1, 0.15) is 0 Å². The van der Waals surface area contributed by atoms with Gasteiger partial charge in [0.2, 0.25) is 15.0 Å². The van der Waals surface area contributed by atoms with Crippen LogP contribution in [-0.4, -0.2) is 8.42 Å². The third-order valence-electron chi connectivity index (χ3n) is 2.11. The van der Waals surface area contributed by atoms with E-state index in [1.807, 2.05) is 0 Å². The molecule has 1 aromatic heterocycles. The van der Waals surface area contributed by atoms with Crippen LogP contribution in [0.1, 0.15) is 4.88 Å². The van der Waals surface area contributed by atoms with Gasteiger partial charge in [-0.05, 0) is 23.6 Å². The molecule has 0 radical (unpaired) electrons. The second kappa shape index (κ2) is 4.81. The standard InChI is InChI=1S/C12H9FO2S2/c13-12(9-10-5-4-8-16-10)17(14,15)11-6-2-1-3-7-11/h1-9H/b12-9+. The highest BCUT2D eigenvalue weighted by molar-refractivity contribution is 7.95. The van der Waals surface area contributed by atoms with Gasteiger partial charge in [0.15, 0.2) is 0 Å². The van der Waals surface area contributed by atoms with E-state index in [0.717, 1.165) is 6.08 Å². The van der Waals surface area contributed by atoms with Gasteiger partial charge in [0.05, 0.1) is 4.90 Å². The second-order valence-electron chi connectivity index (χ2n) is 3.28. The van der Waals surface area contributed by atoms with Crippen LogP contribution in [-0.2, 0) is 9.84 Å². The van der Waals surface area contributed by atoms with Crippen LogP contribution in [0.25, 0.3) is 6.08 Å². The van der Waals surface area contributed by atoms with Crippen molar-refractivity contribution in [3.05, 3.63) is 57.9 Å². The van der Waals surface area contributed by atoms with E-state index in [0.29, 0.717) is 4.88 Å². The maximum atomic E-state index is 13.7. The van der Waals surface area contributed by atoms with Crippen molar-refractivity contribution in [1.82, 2.24) is 0 Å². The smallest absolute Gasteiger partial charge is 0.216 e. The van der Waals surface area contributed by atoms with Gasteiger partial charge in [-0.1, -0.05) is 24.3 Å². The molecule has 5 heteroatoms. The molecule has 17 heavy (non-hydrogen) atoms. The van der Waals surface area contributed by atoms with Gasteiger partial charge in [-0.25, -0.2) is 8.42 Å². The fourth-order valence-corrected chi connectivity index (χ4v) is 3.02. The molecule has 1 heterocycles. The number of thiophene rings is 1. The Labute approximate surface area is 103 Å². The van der Waals surface area contributed by atoms with E-state index in [9.17, 15) is 12.8 Å². The SMILES string of the molecule is O=S(=O)(/C(F)=C/c1cccs1)c1ccccc1. The van der Waals surface area contributed by atoms with Crippen molar-refractivity contribution in [2.24, 2.45) is 0 Å². The molecule has 0 aliphatic heterocycles. The molecule has 2 aromatic rings. The molecule has 0 saturated heterocycles. The summed E-state index contributed by atoms with van der Waals surface area (Å²) in [5, 5.41) is 0.625. The summed E-state index contributed by atoms with van der Waals surface area (Å²) in [5.41, 5.74) is 0. The molecular weight excluding hydrogens is 259 g/mol. The molecule has 0 spiro atoms. The maximum absolute atomic E-state index is 13.7. The summed E-state index contributed by atoms with van der Waals surface area (Å²) < 4.78 is 37.3. The minimum absolute atomic E-state index is 0.0368. The lowest BCUT2D eigenvalue weighted by atomic mass is 10.4. The van der Waals surface area contributed by atoms with Gasteiger partial charge in [-0.3, -0.25) is 0 Å². The number of hydrogen-bond donors (Lipinski definition) is 0. The van der Waals surface area contributed by atoms with Crippen LogP contribution >= 0.6 is 11.3 Å². The van der Waals surface area contributed by atoms with Gasteiger partial charge < -0.3 is 0 Å². The summed E-state index contributed by atoms with van der Waals surface area (Å²) in [6.07, 6.45) is 1.03. The Morgan fingerprint density at radius 2 is 1.82 bits per heavy atom. The third-order valence-corrected chi connectivity index (χ3v) is 4.45. The topological polar surface area (TPSA) is 34.1 Å². The van der Waals surface area contributed by atoms with Crippen molar-refractivity contribution >= 4 is 27.3 Å². The minimum Gasteiger partial charge on any atom is -0.216 e. The predicted octanol–water partition coefficient (Wildman–Crippen LogP) is 3.49. The van der Waals surface area contributed by atoms with Crippen LogP contribution in [0.5, 0.6) is 0 Å². The molecule has 0 aliphatic rings. The highest BCUT2D eigenvalue weighted by atomic mass is 32.2. The molecule has 0 N–H and O–H groups in total. The molecule has 0 saturated carbocycles. The van der Waals surface area contributed by atoms with E-state index >= 15 is 0 Å². The van der Waals surface area contributed by atoms with E-state index < -0.39 is 15.0 Å². The Hall–Kier alpha value is -1.46. The number of rotatable bonds is 3. The fourth-order valence-electron chi connectivity index (χ4n) is 1.28. The lowest BCUT2D eigenvalue weighted by molar-refractivity contribution is 0.579. The second-order valence-corrected chi connectivity index (χ2v) is 6.13. The summed E-state index contributed by atoms with van der Waals surface area (Å²) >= 11 is 1.28. The van der Waals surface area contributed by atoms with Crippen molar-refractivity contribution in [3.63, 3.8) is 0 Å². The Kier molecular flexibility index (Phi) is 3.40. The highest BCUT2D eigenvalue weighted by Crippen LogP contribution is 2.23. The van der Waals surface area contributed by atoms with Crippen LogP contribution < -0.4 is 0 Å². The minimum atomic E-state index is -4.01. The summed E-state index contributed by atoms with van der Waals surface area (Å²) in [6, 6.07) is 10.9. The van der Waals surface area contributed by atoms with Crippen molar-refractivity contribution in [3.8, 4) is 0 Å². The first-order valence-electron chi connectivity index (χ1n) is 4.81. The summed E-state index contributed by atoms with van der Waals surface area (Å²) in [5.74, 6) is 0. The first kappa shape index (κ1) is 12.0. The number of benzene rings is 1. The zero-order chi connectivity index (χ0) is 12.3. The van der Waals surface area contributed by atoms with Crippen LogP contribution in [0.3, 0.4) is 0 Å². The fraction of sp³-hybridized carbons (Fsp3) is 0. The molecule has 0 atom stereocenters. The molecular formula is C12H9FO2S2. The lowest BCUT2D eigenvalue weighted by Gasteiger charge is -2.00. The normalized spacial score (nSPS) is 12.6.